The van der Waals surface area contributed by atoms with Gasteiger partial charge in [0, 0.05) is 5.30 Å². The minimum absolute atomic E-state index is 0.206. The van der Waals surface area contributed by atoms with E-state index in [0.29, 0.717) is 0 Å². The maximum absolute atomic E-state index is 12.1. The Morgan fingerprint density at radius 2 is 2.00 bits per heavy atom. The first-order chi connectivity index (χ1) is 7.50. The van der Waals surface area contributed by atoms with Crippen LogP contribution in [0.1, 0.15) is 13.8 Å². The van der Waals surface area contributed by atoms with Crippen LogP contribution in [0.15, 0.2) is 30.3 Å². The van der Waals surface area contributed by atoms with Crippen LogP contribution < -0.4 is 5.30 Å². The predicted molar refractivity (Wildman–Crippen MR) is 62.0 cm³/mol. The SMILES string of the molecule is CCOC(=O)C(C)P(=O)(O)c1ccccc1. The Kier molecular flexibility index (Phi) is 4.27. The highest BCUT2D eigenvalue weighted by atomic mass is 31.2. The van der Waals surface area contributed by atoms with Gasteiger partial charge in [0.15, 0.2) is 0 Å². The van der Waals surface area contributed by atoms with Gasteiger partial charge in [-0.2, -0.15) is 0 Å². The van der Waals surface area contributed by atoms with Crippen LogP contribution in [0.3, 0.4) is 0 Å². The molecule has 0 radical (unpaired) electrons. The molecule has 0 fully saturated rings. The lowest BCUT2D eigenvalue weighted by Gasteiger charge is -2.17. The van der Waals surface area contributed by atoms with Crippen molar-refractivity contribution in [1.29, 1.82) is 0 Å². The fourth-order valence-corrected chi connectivity index (χ4v) is 2.68. The van der Waals surface area contributed by atoms with Crippen molar-refractivity contribution in [3.63, 3.8) is 0 Å². The van der Waals surface area contributed by atoms with E-state index in [2.05, 4.69) is 0 Å². The lowest BCUT2D eigenvalue weighted by molar-refractivity contribution is -0.142. The van der Waals surface area contributed by atoms with E-state index in [-0.39, 0.29) is 11.9 Å². The van der Waals surface area contributed by atoms with Crippen LogP contribution in [-0.2, 0) is 14.1 Å². The third-order valence-corrected chi connectivity index (χ3v) is 4.58. The number of carbonyl (C=O) groups excluding carboxylic acids is 1. The number of ether oxygens (including phenoxy) is 1. The minimum atomic E-state index is -3.70. The van der Waals surface area contributed by atoms with E-state index in [1.54, 1.807) is 25.1 Å². The first-order valence-electron chi connectivity index (χ1n) is 5.05. The van der Waals surface area contributed by atoms with Gasteiger partial charge in [0.2, 0.25) is 7.37 Å². The van der Waals surface area contributed by atoms with Crippen LogP contribution in [0.2, 0.25) is 0 Å². The molecule has 0 aliphatic heterocycles. The summed E-state index contributed by atoms with van der Waals surface area (Å²) in [6.45, 7) is 3.28. The molecule has 0 aliphatic carbocycles. The summed E-state index contributed by atoms with van der Waals surface area (Å²) < 4.78 is 16.8. The summed E-state index contributed by atoms with van der Waals surface area (Å²) in [5, 5.41) is 0.274. The molecule has 1 aromatic rings. The van der Waals surface area contributed by atoms with Gasteiger partial charge in [0.25, 0.3) is 0 Å². The molecule has 2 atom stereocenters. The Bertz CT molecular complexity index is 402. The Balaban J connectivity index is 2.94. The standard InChI is InChI=1S/C11H15O4P/c1-3-15-11(12)9(2)16(13,14)10-7-5-4-6-8-10/h4-9H,3H2,1-2H3,(H,13,14). The Morgan fingerprint density at radius 3 is 2.50 bits per heavy atom. The summed E-state index contributed by atoms with van der Waals surface area (Å²) in [5.74, 6) is -0.641. The van der Waals surface area contributed by atoms with E-state index < -0.39 is 19.0 Å². The molecule has 4 nitrogen and oxygen atoms in total. The molecular weight excluding hydrogens is 227 g/mol. The molecule has 5 heteroatoms. The van der Waals surface area contributed by atoms with E-state index in [1.807, 2.05) is 0 Å². The molecule has 2 unspecified atom stereocenters. The van der Waals surface area contributed by atoms with Gasteiger partial charge >= 0.3 is 5.97 Å². The first-order valence-corrected chi connectivity index (χ1v) is 6.77. The fourth-order valence-electron chi connectivity index (χ4n) is 1.27. The Morgan fingerprint density at radius 1 is 1.44 bits per heavy atom. The fraction of sp³-hybridized carbons (Fsp3) is 0.364. The van der Waals surface area contributed by atoms with E-state index in [9.17, 15) is 14.3 Å². The summed E-state index contributed by atoms with van der Waals surface area (Å²) in [6, 6.07) is 8.15. The van der Waals surface area contributed by atoms with E-state index in [1.165, 1.54) is 19.1 Å². The van der Waals surface area contributed by atoms with Crippen molar-refractivity contribution in [2.75, 3.05) is 6.61 Å². The van der Waals surface area contributed by atoms with Gasteiger partial charge in [0.1, 0.15) is 5.66 Å². The van der Waals surface area contributed by atoms with Crippen LogP contribution in [0.25, 0.3) is 0 Å². The number of hydrogen-bond acceptors (Lipinski definition) is 3. The van der Waals surface area contributed by atoms with Crippen molar-refractivity contribution >= 4 is 18.6 Å². The number of esters is 1. The van der Waals surface area contributed by atoms with Crippen LogP contribution in [0, 0.1) is 0 Å². The molecule has 88 valence electrons. The quantitative estimate of drug-likeness (QED) is 0.642. The highest BCUT2D eigenvalue weighted by Crippen LogP contribution is 2.45. The first kappa shape index (κ1) is 12.9. The maximum Gasteiger partial charge on any atom is 0.318 e. The topological polar surface area (TPSA) is 63.6 Å². The molecule has 0 aliphatic rings. The summed E-state index contributed by atoms with van der Waals surface area (Å²) in [6.07, 6.45) is 0. The third kappa shape index (κ3) is 2.71. The highest BCUT2D eigenvalue weighted by molar-refractivity contribution is 7.67. The molecule has 0 heterocycles. The number of hydrogen-bond donors (Lipinski definition) is 1. The largest absolute Gasteiger partial charge is 0.465 e. The predicted octanol–water partition coefficient (Wildman–Crippen LogP) is 1.53. The average molecular weight is 242 g/mol. The zero-order valence-corrected chi connectivity index (χ0v) is 10.2. The van der Waals surface area contributed by atoms with Crippen molar-refractivity contribution in [3.8, 4) is 0 Å². The Hall–Kier alpha value is -1.12. The average Bonchev–Trinajstić information content (AvgIpc) is 2.29. The number of benzene rings is 1. The van der Waals surface area contributed by atoms with E-state index >= 15 is 0 Å². The maximum atomic E-state index is 12.1. The monoisotopic (exact) mass is 242 g/mol. The highest BCUT2D eigenvalue weighted by Gasteiger charge is 2.35. The molecule has 0 saturated heterocycles. The third-order valence-electron chi connectivity index (χ3n) is 2.28. The van der Waals surface area contributed by atoms with Crippen molar-refractivity contribution in [3.05, 3.63) is 30.3 Å². The van der Waals surface area contributed by atoms with Crippen molar-refractivity contribution in [1.82, 2.24) is 0 Å². The van der Waals surface area contributed by atoms with Crippen molar-refractivity contribution in [2.24, 2.45) is 0 Å². The van der Waals surface area contributed by atoms with Gasteiger partial charge in [-0.3, -0.25) is 9.36 Å². The molecule has 0 amide bonds. The second-order valence-corrected chi connectivity index (χ2v) is 5.92. The zero-order chi connectivity index (χ0) is 12.2. The van der Waals surface area contributed by atoms with Gasteiger partial charge in [-0.1, -0.05) is 18.2 Å². The summed E-state index contributed by atoms with van der Waals surface area (Å²) in [4.78, 5) is 21.3. The van der Waals surface area contributed by atoms with Crippen LogP contribution in [0.5, 0.6) is 0 Å². The molecule has 1 aromatic carbocycles. The molecule has 0 bridgehead atoms. The zero-order valence-electron chi connectivity index (χ0n) is 9.29. The summed E-state index contributed by atoms with van der Waals surface area (Å²) >= 11 is 0. The molecule has 16 heavy (non-hydrogen) atoms. The van der Waals surface area contributed by atoms with Gasteiger partial charge in [0.05, 0.1) is 6.61 Å². The van der Waals surface area contributed by atoms with Gasteiger partial charge < -0.3 is 9.63 Å². The van der Waals surface area contributed by atoms with Crippen LogP contribution in [0.4, 0.5) is 0 Å². The van der Waals surface area contributed by atoms with E-state index in [4.69, 9.17) is 4.74 Å². The van der Waals surface area contributed by atoms with E-state index in [0.717, 1.165) is 0 Å². The van der Waals surface area contributed by atoms with Crippen LogP contribution >= 0.6 is 7.37 Å². The van der Waals surface area contributed by atoms with Crippen LogP contribution in [-0.4, -0.2) is 23.1 Å². The van der Waals surface area contributed by atoms with Gasteiger partial charge in [-0.05, 0) is 26.0 Å². The molecule has 0 saturated carbocycles. The molecule has 0 spiro atoms. The summed E-state index contributed by atoms with van der Waals surface area (Å²) in [5.41, 5.74) is -1.03. The molecular formula is C11H15O4P. The van der Waals surface area contributed by atoms with Gasteiger partial charge in [-0.25, -0.2) is 0 Å². The normalized spacial score (nSPS) is 16.2. The molecule has 1 rings (SSSR count). The minimum Gasteiger partial charge on any atom is -0.465 e. The lowest BCUT2D eigenvalue weighted by atomic mass is 10.4. The number of carbonyl (C=O) groups is 1. The van der Waals surface area contributed by atoms with Crippen molar-refractivity contribution < 1.29 is 19.0 Å². The lowest BCUT2D eigenvalue weighted by Crippen LogP contribution is -2.25. The Labute approximate surface area is 94.7 Å². The van der Waals surface area contributed by atoms with Crippen molar-refractivity contribution in [2.45, 2.75) is 19.5 Å². The smallest absolute Gasteiger partial charge is 0.318 e. The molecule has 1 N–H and O–H groups in total. The summed E-state index contributed by atoms with van der Waals surface area (Å²) in [7, 11) is -3.70. The molecule has 0 aromatic heterocycles. The second-order valence-electron chi connectivity index (χ2n) is 3.39. The number of rotatable bonds is 4. The van der Waals surface area contributed by atoms with Gasteiger partial charge in [-0.15, -0.1) is 0 Å². The second kappa shape index (κ2) is 5.28.